The highest BCUT2D eigenvalue weighted by molar-refractivity contribution is 5.02. The van der Waals surface area contributed by atoms with Crippen LogP contribution in [0.4, 0.5) is 35.1 Å². The van der Waals surface area contributed by atoms with Crippen molar-refractivity contribution in [1.82, 2.24) is 9.80 Å². The molecule has 1 unspecified atom stereocenters. The molecule has 0 radical (unpaired) electrons. The smallest absolute Gasteiger partial charge is 0.284 e. The molecule has 0 saturated carbocycles. The molecule has 1 atom stereocenters. The quantitative estimate of drug-likeness (QED) is 0.449. The third kappa shape index (κ3) is 3.81. The van der Waals surface area contributed by atoms with Crippen LogP contribution in [0.3, 0.4) is 0 Å². The molecule has 1 aliphatic rings. The molecular formula is C10H12F8N2. The number of hydrogen-bond donors (Lipinski definition) is 0. The summed E-state index contributed by atoms with van der Waals surface area (Å²) < 4.78 is 102. The van der Waals surface area contributed by atoms with Gasteiger partial charge in [-0.3, -0.25) is 4.90 Å². The van der Waals surface area contributed by atoms with E-state index in [-0.39, 0.29) is 11.0 Å². The van der Waals surface area contributed by atoms with Crippen molar-refractivity contribution in [1.29, 1.82) is 0 Å². The molecule has 0 bridgehead atoms. The summed E-state index contributed by atoms with van der Waals surface area (Å²) in [4.78, 5) is 0.299. The van der Waals surface area contributed by atoms with Crippen LogP contribution in [0.15, 0.2) is 12.7 Å². The van der Waals surface area contributed by atoms with Gasteiger partial charge in [0.15, 0.2) is 6.04 Å². The van der Waals surface area contributed by atoms with E-state index in [2.05, 4.69) is 6.58 Å². The van der Waals surface area contributed by atoms with Gasteiger partial charge in [0.1, 0.15) is 0 Å². The summed E-state index contributed by atoms with van der Waals surface area (Å²) in [5.41, 5.74) is 0. The SMILES string of the molecule is C=CC(F)(F)C(N1CCN(C(F)(F)F)CC1)C(F)(F)F. The minimum absolute atomic E-state index is 0.0109. The Bertz CT molecular complexity index is 340. The molecule has 0 aromatic rings. The van der Waals surface area contributed by atoms with E-state index in [0.717, 1.165) is 0 Å². The van der Waals surface area contributed by atoms with Crippen molar-refractivity contribution >= 4 is 0 Å². The summed E-state index contributed by atoms with van der Waals surface area (Å²) in [6.45, 7) is -0.442. The zero-order valence-electron chi connectivity index (χ0n) is 10.1. The van der Waals surface area contributed by atoms with E-state index in [1.165, 1.54) is 0 Å². The molecule has 20 heavy (non-hydrogen) atoms. The van der Waals surface area contributed by atoms with E-state index in [1.807, 2.05) is 0 Å². The lowest BCUT2D eigenvalue weighted by Gasteiger charge is -2.41. The first-order valence-electron chi connectivity index (χ1n) is 5.53. The Kier molecular flexibility index (Phi) is 4.69. The largest absolute Gasteiger partial charge is 0.460 e. The van der Waals surface area contributed by atoms with Crippen molar-refractivity contribution in [3.8, 4) is 0 Å². The monoisotopic (exact) mass is 312 g/mol. The number of alkyl halides is 8. The van der Waals surface area contributed by atoms with Crippen LogP contribution in [0.5, 0.6) is 0 Å². The summed E-state index contributed by atoms with van der Waals surface area (Å²) in [5, 5.41) is 0. The minimum Gasteiger partial charge on any atom is -0.284 e. The lowest BCUT2D eigenvalue weighted by atomic mass is 10.1. The van der Waals surface area contributed by atoms with Crippen molar-refractivity contribution < 1.29 is 35.1 Å². The molecule has 0 aliphatic carbocycles. The zero-order valence-corrected chi connectivity index (χ0v) is 10.1. The molecule has 0 aromatic carbocycles. The molecule has 10 heteroatoms. The summed E-state index contributed by atoms with van der Waals surface area (Å²) >= 11 is 0. The average molecular weight is 312 g/mol. The Hall–Kier alpha value is -0.900. The molecule has 1 aliphatic heterocycles. The highest BCUT2D eigenvalue weighted by Gasteiger charge is 2.58. The van der Waals surface area contributed by atoms with Crippen molar-refractivity contribution in [3.63, 3.8) is 0 Å². The van der Waals surface area contributed by atoms with Crippen LogP contribution >= 0.6 is 0 Å². The molecule has 118 valence electrons. The normalized spacial score (nSPS) is 21.8. The highest BCUT2D eigenvalue weighted by Crippen LogP contribution is 2.37. The van der Waals surface area contributed by atoms with Gasteiger partial charge in [0.25, 0.3) is 5.92 Å². The maximum Gasteiger partial charge on any atom is 0.460 e. The van der Waals surface area contributed by atoms with Gasteiger partial charge in [-0.25, -0.2) is 4.90 Å². The fourth-order valence-electron chi connectivity index (χ4n) is 2.01. The number of nitrogens with zero attached hydrogens (tertiary/aromatic N) is 2. The second-order valence-corrected chi connectivity index (χ2v) is 4.31. The lowest BCUT2D eigenvalue weighted by Crippen LogP contribution is -2.62. The van der Waals surface area contributed by atoms with Crippen LogP contribution in [0, 0.1) is 0 Å². The van der Waals surface area contributed by atoms with Crippen molar-refractivity contribution in [2.45, 2.75) is 24.4 Å². The van der Waals surface area contributed by atoms with Crippen LogP contribution in [-0.4, -0.2) is 60.4 Å². The van der Waals surface area contributed by atoms with Gasteiger partial charge in [0.2, 0.25) is 0 Å². The molecule has 2 nitrogen and oxygen atoms in total. The minimum atomic E-state index is -5.27. The number of halogens is 8. The molecule has 0 spiro atoms. The van der Waals surface area contributed by atoms with E-state index >= 15 is 0 Å². The summed E-state index contributed by atoms with van der Waals surface area (Å²) in [6, 6.07) is -3.16. The Morgan fingerprint density at radius 2 is 1.30 bits per heavy atom. The predicted molar refractivity (Wildman–Crippen MR) is 54.2 cm³/mol. The summed E-state index contributed by atoms with van der Waals surface area (Å²) in [5.74, 6) is -4.27. The maximum absolute atomic E-state index is 13.3. The fourth-order valence-corrected chi connectivity index (χ4v) is 2.01. The third-order valence-electron chi connectivity index (χ3n) is 2.98. The van der Waals surface area contributed by atoms with Gasteiger partial charge in [-0.15, -0.1) is 0 Å². The topological polar surface area (TPSA) is 6.48 Å². The van der Waals surface area contributed by atoms with Gasteiger partial charge < -0.3 is 0 Å². The van der Waals surface area contributed by atoms with Crippen LogP contribution in [0.2, 0.25) is 0 Å². The summed E-state index contributed by atoms with van der Waals surface area (Å²) in [7, 11) is 0. The molecular weight excluding hydrogens is 300 g/mol. The summed E-state index contributed by atoms with van der Waals surface area (Å²) in [6.07, 6.45) is -10.1. The van der Waals surface area contributed by atoms with Gasteiger partial charge in [0.05, 0.1) is 0 Å². The van der Waals surface area contributed by atoms with Gasteiger partial charge in [-0.2, -0.15) is 35.1 Å². The van der Waals surface area contributed by atoms with Crippen LogP contribution in [0.25, 0.3) is 0 Å². The van der Waals surface area contributed by atoms with E-state index < -0.39 is 50.6 Å². The first-order valence-corrected chi connectivity index (χ1v) is 5.53. The van der Waals surface area contributed by atoms with E-state index in [4.69, 9.17) is 0 Å². The third-order valence-corrected chi connectivity index (χ3v) is 2.98. The number of hydrogen-bond acceptors (Lipinski definition) is 2. The average Bonchev–Trinajstić information content (AvgIpc) is 2.26. The molecule has 1 heterocycles. The van der Waals surface area contributed by atoms with Crippen LogP contribution in [-0.2, 0) is 0 Å². The van der Waals surface area contributed by atoms with Crippen molar-refractivity contribution in [2.24, 2.45) is 0 Å². The predicted octanol–water partition coefficient (Wildman–Crippen LogP) is 2.88. The lowest BCUT2D eigenvalue weighted by molar-refractivity contribution is -0.269. The number of piperazine rings is 1. The first-order chi connectivity index (χ1) is 8.89. The van der Waals surface area contributed by atoms with Gasteiger partial charge in [-0.05, 0) is 6.08 Å². The van der Waals surface area contributed by atoms with Crippen molar-refractivity contribution in [2.75, 3.05) is 26.2 Å². The second kappa shape index (κ2) is 5.47. The Labute approximate surface area is 109 Å². The first kappa shape index (κ1) is 17.2. The fraction of sp³-hybridized carbons (Fsp3) is 0.800. The van der Waals surface area contributed by atoms with Gasteiger partial charge in [0, 0.05) is 26.2 Å². The molecule has 0 N–H and O–H groups in total. The molecule has 0 aromatic heterocycles. The second-order valence-electron chi connectivity index (χ2n) is 4.31. The Morgan fingerprint density at radius 1 is 0.850 bits per heavy atom. The molecule has 1 fully saturated rings. The van der Waals surface area contributed by atoms with Gasteiger partial charge >= 0.3 is 12.5 Å². The molecule has 1 saturated heterocycles. The maximum atomic E-state index is 13.3. The van der Waals surface area contributed by atoms with Crippen LogP contribution < -0.4 is 0 Å². The van der Waals surface area contributed by atoms with Crippen LogP contribution in [0.1, 0.15) is 0 Å². The molecule has 0 amide bonds. The standard InChI is InChI=1S/C10H12F8N2/c1-2-8(11,12)7(9(13,14)15)19-3-5-20(6-4-19)10(16,17)18/h2,7H,1,3-6H2. The highest BCUT2D eigenvalue weighted by atomic mass is 19.4. The Balaban J connectivity index is 2.85. The number of rotatable bonds is 3. The van der Waals surface area contributed by atoms with E-state index in [9.17, 15) is 35.1 Å². The van der Waals surface area contributed by atoms with Crippen molar-refractivity contribution in [3.05, 3.63) is 12.7 Å². The van der Waals surface area contributed by atoms with E-state index in [0.29, 0.717) is 4.90 Å². The Morgan fingerprint density at radius 3 is 1.60 bits per heavy atom. The molecule has 1 rings (SSSR count). The van der Waals surface area contributed by atoms with Gasteiger partial charge in [-0.1, -0.05) is 6.58 Å². The van der Waals surface area contributed by atoms with E-state index in [1.54, 1.807) is 0 Å². The zero-order chi connectivity index (χ0) is 15.8.